The lowest BCUT2D eigenvalue weighted by molar-refractivity contribution is 0.145. The monoisotopic (exact) mass is 341 g/mol. The molecule has 1 unspecified atom stereocenters. The third kappa shape index (κ3) is 3.22. The number of thiophene rings is 1. The summed E-state index contributed by atoms with van der Waals surface area (Å²) < 4.78 is 39.9. The molecule has 1 saturated carbocycles. The summed E-state index contributed by atoms with van der Waals surface area (Å²) in [7, 11) is -3.59. The average molecular weight is 341 g/mol. The second kappa shape index (κ2) is 6.08. The minimum Gasteiger partial charge on any atom is -0.387 e. The lowest BCUT2D eigenvalue weighted by Crippen LogP contribution is -2.36. The van der Waals surface area contributed by atoms with E-state index in [-0.39, 0.29) is 22.6 Å². The molecule has 2 aromatic rings. The Morgan fingerprint density at radius 3 is 2.50 bits per heavy atom. The van der Waals surface area contributed by atoms with Crippen LogP contribution in [-0.4, -0.2) is 30.4 Å². The van der Waals surface area contributed by atoms with Gasteiger partial charge in [0.05, 0.1) is 6.10 Å². The fraction of sp³-hybridized carbons (Fsp3) is 0.333. The van der Waals surface area contributed by atoms with E-state index in [2.05, 4.69) is 0 Å². The Hall–Kier alpha value is -1.28. The Bertz CT molecular complexity index is 725. The van der Waals surface area contributed by atoms with Crippen LogP contribution in [0.25, 0.3) is 0 Å². The lowest BCUT2D eigenvalue weighted by atomic mass is 10.1. The highest BCUT2D eigenvalue weighted by Crippen LogP contribution is 2.34. The van der Waals surface area contributed by atoms with Gasteiger partial charge in [0.1, 0.15) is 10.0 Å². The number of sulfonamides is 1. The molecule has 1 atom stereocenters. The molecule has 4 nitrogen and oxygen atoms in total. The van der Waals surface area contributed by atoms with Crippen LogP contribution in [0.5, 0.6) is 0 Å². The second-order valence-corrected chi connectivity index (χ2v) is 8.37. The number of rotatable bonds is 6. The van der Waals surface area contributed by atoms with Gasteiger partial charge in [-0.25, -0.2) is 12.8 Å². The van der Waals surface area contributed by atoms with Gasteiger partial charge in [0.15, 0.2) is 0 Å². The minimum absolute atomic E-state index is 0.0173. The molecule has 1 N–H and O–H groups in total. The van der Waals surface area contributed by atoms with Crippen LogP contribution in [0.2, 0.25) is 0 Å². The van der Waals surface area contributed by atoms with Crippen molar-refractivity contribution in [3.8, 4) is 0 Å². The van der Waals surface area contributed by atoms with Gasteiger partial charge in [0, 0.05) is 12.6 Å². The Kier molecular flexibility index (Phi) is 4.31. The van der Waals surface area contributed by atoms with Crippen molar-refractivity contribution in [2.75, 3.05) is 6.54 Å². The first-order chi connectivity index (χ1) is 10.5. The molecular weight excluding hydrogens is 325 g/mol. The average Bonchev–Trinajstić information content (AvgIpc) is 3.16. The molecular formula is C15H16FNO3S2. The van der Waals surface area contributed by atoms with Crippen molar-refractivity contribution in [3.05, 3.63) is 53.2 Å². The van der Waals surface area contributed by atoms with Crippen molar-refractivity contribution in [1.82, 2.24) is 4.31 Å². The molecule has 0 radical (unpaired) electrons. The molecule has 1 aromatic carbocycles. The Labute approximate surface area is 132 Å². The molecule has 0 saturated heterocycles. The number of nitrogens with zero attached hydrogens (tertiary/aromatic N) is 1. The van der Waals surface area contributed by atoms with Gasteiger partial charge in [-0.05, 0) is 42.0 Å². The van der Waals surface area contributed by atoms with E-state index >= 15 is 0 Å². The minimum atomic E-state index is -3.59. The van der Waals surface area contributed by atoms with Crippen LogP contribution >= 0.6 is 11.3 Å². The first-order valence-electron chi connectivity index (χ1n) is 6.97. The predicted octanol–water partition coefficient (Wildman–Crippen LogP) is 2.77. The number of aliphatic hydroxyl groups is 1. The fourth-order valence-corrected chi connectivity index (χ4v) is 5.10. The van der Waals surface area contributed by atoms with Crippen LogP contribution in [0.3, 0.4) is 0 Å². The van der Waals surface area contributed by atoms with Crippen molar-refractivity contribution in [3.63, 3.8) is 0 Å². The molecule has 0 aliphatic heterocycles. The summed E-state index contributed by atoms with van der Waals surface area (Å²) in [6, 6.07) is 8.67. The van der Waals surface area contributed by atoms with Crippen LogP contribution in [0.1, 0.15) is 24.5 Å². The van der Waals surface area contributed by atoms with E-state index in [1.165, 1.54) is 39.9 Å². The van der Waals surface area contributed by atoms with Gasteiger partial charge in [-0.1, -0.05) is 18.2 Å². The third-order valence-electron chi connectivity index (χ3n) is 3.62. The van der Waals surface area contributed by atoms with Gasteiger partial charge in [-0.2, -0.15) is 4.31 Å². The van der Waals surface area contributed by atoms with E-state index in [1.54, 1.807) is 17.5 Å². The molecule has 22 heavy (non-hydrogen) atoms. The summed E-state index contributed by atoms with van der Waals surface area (Å²) in [6.45, 7) is -0.0173. The first kappa shape index (κ1) is 15.6. The molecule has 0 spiro atoms. The molecule has 3 rings (SSSR count). The molecule has 1 aliphatic rings. The van der Waals surface area contributed by atoms with E-state index in [4.69, 9.17) is 0 Å². The van der Waals surface area contributed by atoms with Gasteiger partial charge in [0.2, 0.25) is 0 Å². The van der Waals surface area contributed by atoms with Crippen LogP contribution < -0.4 is 0 Å². The summed E-state index contributed by atoms with van der Waals surface area (Å²) in [5.74, 6) is -0.388. The van der Waals surface area contributed by atoms with Gasteiger partial charge in [-0.3, -0.25) is 0 Å². The molecule has 0 bridgehead atoms. The third-order valence-corrected chi connectivity index (χ3v) is 6.91. The highest BCUT2D eigenvalue weighted by Gasteiger charge is 2.39. The zero-order chi connectivity index (χ0) is 15.7. The summed E-state index contributed by atoms with van der Waals surface area (Å²) in [5, 5.41) is 12.0. The van der Waals surface area contributed by atoms with Crippen LogP contribution in [0.4, 0.5) is 4.39 Å². The zero-order valence-corrected chi connectivity index (χ0v) is 13.4. The van der Waals surface area contributed by atoms with Crippen molar-refractivity contribution in [1.29, 1.82) is 0 Å². The molecule has 7 heteroatoms. The van der Waals surface area contributed by atoms with E-state index in [0.717, 1.165) is 12.8 Å². The van der Waals surface area contributed by atoms with E-state index < -0.39 is 16.1 Å². The number of aliphatic hydroxyl groups excluding tert-OH is 1. The van der Waals surface area contributed by atoms with Crippen LogP contribution in [-0.2, 0) is 10.0 Å². The summed E-state index contributed by atoms with van der Waals surface area (Å²) >= 11 is 1.17. The largest absolute Gasteiger partial charge is 0.387 e. The maximum absolute atomic E-state index is 12.9. The van der Waals surface area contributed by atoms with Crippen LogP contribution in [0.15, 0.2) is 46.0 Å². The highest BCUT2D eigenvalue weighted by atomic mass is 32.2. The summed E-state index contributed by atoms with van der Waals surface area (Å²) in [5.41, 5.74) is 0.508. The number of hydrogen-bond acceptors (Lipinski definition) is 4. The standard InChI is InChI=1S/C15H16FNO3S2/c16-12-5-3-11(4-6-12)14(18)10-17(13-7-8-13)22(19,20)15-2-1-9-21-15/h1-6,9,13-14,18H,7-8,10H2. The molecule has 1 heterocycles. The fourth-order valence-electron chi connectivity index (χ4n) is 2.29. The number of hydrogen-bond donors (Lipinski definition) is 1. The van der Waals surface area contributed by atoms with E-state index in [9.17, 15) is 17.9 Å². The maximum Gasteiger partial charge on any atom is 0.252 e. The number of halogens is 1. The summed E-state index contributed by atoms with van der Waals surface area (Å²) in [4.78, 5) is 0. The molecule has 1 fully saturated rings. The molecule has 0 amide bonds. The molecule has 1 aliphatic carbocycles. The quantitative estimate of drug-likeness (QED) is 0.879. The van der Waals surface area contributed by atoms with Gasteiger partial charge < -0.3 is 5.11 Å². The SMILES string of the molecule is O=S(=O)(c1cccs1)N(CC(O)c1ccc(F)cc1)C1CC1. The van der Waals surface area contributed by atoms with E-state index in [0.29, 0.717) is 5.56 Å². The van der Waals surface area contributed by atoms with Gasteiger partial charge in [0.25, 0.3) is 10.0 Å². The lowest BCUT2D eigenvalue weighted by Gasteiger charge is -2.24. The maximum atomic E-state index is 12.9. The first-order valence-corrected chi connectivity index (χ1v) is 9.29. The summed E-state index contributed by atoms with van der Waals surface area (Å²) in [6.07, 6.45) is 0.637. The van der Waals surface area contributed by atoms with E-state index in [1.807, 2.05) is 0 Å². The van der Waals surface area contributed by atoms with Crippen molar-refractivity contribution < 1.29 is 17.9 Å². The van der Waals surface area contributed by atoms with Gasteiger partial charge >= 0.3 is 0 Å². The molecule has 118 valence electrons. The Morgan fingerprint density at radius 2 is 1.95 bits per heavy atom. The second-order valence-electron chi connectivity index (χ2n) is 5.31. The normalized spacial score (nSPS) is 16.9. The molecule has 1 aromatic heterocycles. The Balaban J connectivity index is 1.82. The zero-order valence-electron chi connectivity index (χ0n) is 11.7. The number of benzene rings is 1. The topological polar surface area (TPSA) is 57.6 Å². The smallest absolute Gasteiger partial charge is 0.252 e. The van der Waals surface area contributed by atoms with Crippen LogP contribution in [0, 0.1) is 5.82 Å². The van der Waals surface area contributed by atoms with Crippen molar-refractivity contribution in [2.45, 2.75) is 29.2 Å². The van der Waals surface area contributed by atoms with Crippen molar-refractivity contribution in [2.24, 2.45) is 0 Å². The predicted molar refractivity (Wildman–Crippen MR) is 82.6 cm³/mol. The highest BCUT2D eigenvalue weighted by molar-refractivity contribution is 7.91. The Morgan fingerprint density at radius 1 is 1.27 bits per heavy atom. The van der Waals surface area contributed by atoms with Gasteiger partial charge in [-0.15, -0.1) is 11.3 Å². The van der Waals surface area contributed by atoms with Crippen molar-refractivity contribution >= 4 is 21.4 Å².